The molecule has 1 aliphatic heterocycles. The van der Waals surface area contributed by atoms with Crippen LogP contribution in [0.4, 0.5) is 0 Å². The van der Waals surface area contributed by atoms with Crippen LogP contribution in [-0.4, -0.2) is 50.1 Å². The van der Waals surface area contributed by atoms with Crippen molar-refractivity contribution in [1.29, 1.82) is 0 Å². The minimum Gasteiger partial charge on any atom is -0.385 e. The summed E-state index contributed by atoms with van der Waals surface area (Å²) in [7, 11) is 1.68. The number of unbranched alkanes of at least 4 members (excludes halogenated alkanes) is 1. The van der Waals surface area contributed by atoms with Crippen LogP contribution in [0.3, 0.4) is 0 Å². The van der Waals surface area contributed by atoms with Gasteiger partial charge in [0.25, 0.3) is 0 Å². The lowest BCUT2D eigenvalue weighted by atomic mass is 9.97. The first-order valence-electron chi connectivity index (χ1n) is 8.20. The van der Waals surface area contributed by atoms with Crippen LogP contribution in [-0.2, 0) is 14.3 Å². The Morgan fingerprint density at radius 1 is 1.29 bits per heavy atom. The molecule has 1 aliphatic rings. The molecule has 5 heteroatoms. The highest BCUT2D eigenvalue weighted by molar-refractivity contribution is 5.76. The van der Waals surface area contributed by atoms with Gasteiger partial charge in [-0.05, 0) is 38.0 Å². The van der Waals surface area contributed by atoms with E-state index >= 15 is 0 Å². The SMILES string of the molecule is CCCC(=O)NCC1CCCN(C(=O)CCCCOC)C1. The van der Waals surface area contributed by atoms with Crippen LogP contribution in [0.25, 0.3) is 0 Å². The van der Waals surface area contributed by atoms with Crippen molar-refractivity contribution in [3.63, 3.8) is 0 Å². The third kappa shape index (κ3) is 7.46. The lowest BCUT2D eigenvalue weighted by Crippen LogP contribution is -2.43. The van der Waals surface area contributed by atoms with Crippen molar-refractivity contribution in [3.8, 4) is 0 Å². The molecule has 21 heavy (non-hydrogen) atoms. The van der Waals surface area contributed by atoms with Crippen molar-refractivity contribution in [1.82, 2.24) is 10.2 Å². The number of hydrogen-bond acceptors (Lipinski definition) is 3. The first kappa shape index (κ1) is 18.0. The van der Waals surface area contributed by atoms with Crippen LogP contribution in [0.1, 0.15) is 51.9 Å². The van der Waals surface area contributed by atoms with E-state index in [4.69, 9.17) is 4.74 Å². The number of nitrogens with zero attached hydrogens (tertiary/aromatic N) is 1. The van der Waals surface area contributed by atoms with Gasteiger partial charge in [0.15, 0.2) is 0 Å². The van der Waals surface area contributed by atoms with Gasteiger partial charge in [0.1, 0.15) is 0 Å². The number of carbonyl (C=O) groups is 2. The third-order valence-electron chi connectivity index (χ3n) is 3.93. The maximum Gasteiger partial charge on any atom is 0.222 e. The molecule has 0 aromatic heterocycles. The average Bonchev–Trinajstić information content (AvgIpc) is 2.50. The Hall–Kier alpha value is -1.10. The highest BCUT2D eigenvalue weighted by Gasteiger charge is 2.23. The first-order chi connectivity index (χ1) is 10.2. The molecular weight excluding hydrogens is 268 g/mol. The van der Waals surface area contributed by atoms with Gasteiger partial charge >= 0.3 is 0 Å². The third-order valence-corrected chi connectivity index (χ3v) is 3.93. The van der Waals surface area contributed by atoms with Crippen molar-refractivity contribution in [2.45, 2.75) is 51.9 Å². The largest absolute Gasteiger partial charge is 0.385 e. The lowest BCUT2D eigenvalue weighted by molar-refractivity contribution is -0.133. The summed E-state index contributed by atoms with van der Waals surface area (Å²) in [4.78, 5) is 25.6. The molecule has 1 rings (SSSR count). The average molecular weight is 298 g/mol. The number of hydrogen-bond donors (Lipinski definition) is 1. The number of nitrogens with one attached hydrogen (secondary N) is 1. The second-order valence-corrected chi connectivity index (χ2v) is 5.85. The summed E-state index contributed by atoms with van der Waals surface area (Å²) in [5, 5.41) is 2.98. The van der Waals surface area contributed by atoms with Gasteiger partial charge in [-0.15, -0.1) is 0 Å². The van der Waals surface area contributed by atoms with Gasteiger partial charge in [-0.2, -0.15) is 0 Å². The van der Waals surface area contributed by atoms with Gasteiger partial charge in [0.2, 0.25) is 11.8 Å². The van der Waals surface area contributed by atoms with Crippen molar-refractivity contribution in [3.05, 3.63) is 0 Å². The Morgan fingerprint density at radius 3 is 2.81 bits per heavy atom. The summed E-state index contributed by atoms with van der Waals surface area (Å²) >= 11 is 0. The molecule has 0 radical (unpaired) electrons. The molecule has 0 aromatic rings. The molecule has 1 unspecified atom stereocenters. The summed E-state index contributed by atoms with van der Waals surface area (Å²) in [5.41, 5.74) is 0. The number of rotatable bonds is 9. The summed E-state index contributed by atoms with van der Waals surface area (Å²) in [6.07, 6.45) is 6.04. The zero-order valence-electron chi connectivity index (χ0n) is 13.5. The fourth-order valence-corrected chi connectivity index (χ4v) is 2.71. The van der Waals surface area contributed by atoms with Gasteiger partial charge in [-0.1, -0.05) is 6.92 Å². The van der Waals surface area contributed by atoms with Crippen molar-refractivity contribution >= 4 is 11.8 Å². The molecule has 1 atom stereocenters. The molecule has 5 nitrogen and oxygen atoms in total. The molecule has 1 fully saturated rings. The van der Waals surface area contributed by atoms with Crippen LogP contribution >= 0.6 is 0 Å². The van der Waals surface area contributed by atoms with E-state index in [-0.39, 0.29) is 11.8 Å². The van der Waals surface area contributed by atoms with E-state index in [1.165, 1.54) is 0 Å². The fourth-order valence-electron chi connectivity index (χ4n) is 2.71. The summed E-state index contributed by atoms with van der Waals surface area (Å²) in [6, 6.07) is 0. The molecule has 122 valence electrons. The van der Waals surface area contributed by atoms with Gasteiger partial charge in [-0.3, -0.25) is 9.59 Å². The molecule has 1 saturated heterocycles. The van der Waals surface area contributed by atoms with E-state index in [0.717, 1.165) is 51.8 Å². The Labute approximate surface area is 128 Å². The summed E-state index contributed by atoms with van der Waals surface area (Å²) in [6.45, 7) is 5.08. The maximum atomic E-state index is 12.1. The molecule has 0 aliphatic carbocycles. The lowest BCUT2D eigenvalue weighted by Gasteiger charge is -2.33. The topological polar surface area (TPSA) is 58.6 Å². The normalized spacial score (nSPS) is 18.6. The van der Waals surface area contributed by atoms with Gasteiger partial charge in [-0.25, -0.2) is 0 Å². The number of carbonyl (C=O) groups excluding carboxylic acids is 2. The monoisotopic (exact) mass is 298 g/mol. The minimum atomic E-state index is 0.125. The molecule has 2 amide bonds. The van der Waals surface area contributed by atoms with Crippen LogP contribution in [0.15, 0.2) is 0 Å². The molecular formula is C16H30N2O3. The number of piperidine rings is 1. The van der Waals surface area contributed by atoms with E-state index < -0.39 is 0 Å². The van der Waals surface area contributed by atoms with Crippen LogP contribution in [0, 0.1) is 5.92 Å². The number of ether oxygens (including phenoxy) is 1. The smallest absolute Gasteiger partial charge is 0.222 e. The Kier molecular flexibility index (Phi) is 9.06. The second-order valence-electron chi connectivity index (χ2n) is 5.85. The van der Waals surface area contributed by atoms with Crippen molar-refractivity contribution in [2.75, 3.05) is 33.4 Å². The Balaban J connectivity index is 2.24. The van der Waals surface area contributed by atoms with E-state index in [2.05, 4.69) is 5.32 Å². The second kappa shape index (κ2) is 10.6. The molecule has 0 spiro atoms. The fraction of sp³-hybridized carbons (Fsp3) is 0.875. The van der Waals surface area contributed by atoms with Crippen molar-refractivity contribution < 1.29 is 14.3 Å². The molecule has 1 N–H and O–H groups in total. The van der Waals surface area contributed by atoms with E-state index in [1.807, 2.05) is 11.8 Å². The number of amides is 2. The van der Waals surface area contributed by atoms with Crippen LogP contribution in [0.2, 0.25) is 0 Å². The zero-order valence-corrected chi connectivity index (χ0v) is 13.5. The molecule has 1 heterocycles. The summed E-state index contributed by atoms with van der Waals surface area (Å²) < 4.78 is 5.00. The van der Waals surface area contributed by atoms with E-state index in [9.17, 15) is 9.59 Å². The van der Waals surface area contributed by atoms with Gasteiger partial charge < -0.3 is 15.0 Å². The minimum absolute atomic E-state index is 0.125. The predicted molar refractivity (Wildman–Crippen MR) is 82.9 cm³/mol. The van der Waals surface area contributed by atoms with Crippen LogP contribution in [0.5, 0.6) is 0 Å². The molecule has 0 aromatic carbocycles. The maximum absolute atomic E-state index is 12.1. The van der Waals surface area contributed by atoms with Gasteiger partial charge in [0, 0.05) is 46.2 Å². The number of methoxy groups -OCH3 is 1. The Morgan fingerprint density at radius 2 is 2.10 bits per heavy atom. The molecule has 0 bridgehead atoms. The standard InChI is InChI=1S/C16H30N2O3/c1-3-7-15(19)17-12-14-8-6-10-18(13-14)16(20)9-4-5-11-21-2/h14H,3-13H2,1-2H3,(H,17,19). The zero-order chi connectivity index (χ0) is 15.5. The highest BCUT2D eigenvalue weighted by Crippen LogP contribution is 2.17. The van der Waals surface area contributed by atoms with Crippen LogP contribution < -0.4 is 5.32 Å². The van der Waals surface area contributed by atoms with E-state index in [1.54, 1.807) is 7.11 Å². The Bertz CT molecular complexity index is 321. The quantitative estimate of drug-likeness (QED) is 0.662. The molecule has 0 saturated carbocycles. The van der Waals surface area contributed by atoms with Crippen molar-refractivity contribution in [2.24, 2.45) is 5.92 Å². The first-order valence-corrected chi connectivity index (χ1v) is 8.20. The van der Waals surface area contributed by atoms with Gasteiger partial charge in [0.05, 0.1) is 0 Å². The predicted octanol–water partition coefficient (Wildman–Crippen LogP) is 1.96. The summed E-state index contributed by atoms with van der Waals surface area (Å²) in [5.74, 6) is 0.777. The van der Waals surface area contributed by atoms with E-state index in [0.29, 0.717) is 25.3 Å². The highest BCUT2D eigenvalue weighted by atomic mass is 16.5. The number of likely N-dealkylation sites (tertiary alicyclic amines) is 1.